The standard InChI is InChI=1S/C20H19BFNO5/c1-26-23-12-17(22)18(28-20(25)15-10-6-3-7-11-15)16(21)13-27-19(24)14-8-4-2-5-9-14/h2-12,16-18H,13H2,1H3/b23-12-/t16-,17+,18+/m0/s1. The zero-order valence-electron chi connectivity index (χ0n) is 15.2. The quantitative estimate of drug-likeness (QED) is 0.288. The summed E-state index contributed by atoms with van der Waals surface area (Å²) in [5, 5.41) is 3.34. The maximum absolute atomic E-state index is 14.5. The third-order valence-electron chi connectivity index (χ3n) is 3.71. The van der Waals surface area contributed by atoms with Gasteiger partial charge in [0, 0.05) is 0 Å². The molecule has 2 radical (unpaired) electrons. The average molecular weight is 383 g/mol. The number of carbonyl (C=O) groups is 2. The molecule has 2 aromatic rings. The lowest BCUT2D eigenvalue weighted by Gasteiger charge is -2.25. The summed E-state index contributed by atoms with van der Waals surface area (Å²) >= 11 is 0. The molecule has 0 spiro atoms. The van der Waals surface area contributed by atoms with Crippen molar-refractivity contribution < 1.29 is 28.3 Å². The van der Waals surface area contributed by atoms with Crippen LogP contribution in [0.5, 0.6) is 0 Å². The van der Waals surface area contributed by atoms with Crippen LogP contribution in [0.1, 0.15) is 20.7 Å². The van der Waals surface area contributed by atoms with Crippen molar-refractivity contribution in [2.45, 2.75) is 18.1 Å². The normalized spacial score (nSPS) is 14.1. The molecule has 0 unspecified atom stereocenters. The number of benzene rings is 2. The van der Waals surface area contributed by atoms with Crippen molar-refractivity contribution in [1.82, 2.24) is 0 Å². The monoisotopic (exact) mass is 383 g/mol. The van der Waals surface area contributed by atoms with Gasteiger partial charge in [-0.1, -0.05) is 41.6 Å². The van der Waals surface area contributed by atoms with Gasteiger partial charge in [0.2, 0.25) is 0 Å². The van der Waals surface area contributed by atoms with E-state index in [9.17, 15) is 14.0 Å². The molecule has 0 aliphatic heterocycles. The zero-order chi connectivity index (χ0) is 20.4. The van der Waals surface area contributed by atoms with Crippen molar-refractivity contribution in [3.63, 3.8) is 0 Å². The average Bonchev–Trinajstić information content (AvgIpc) is 2.74. The second kappa shape index (κ2) is 10.9. The highest BCUT2D eigenvalue weighted by molar-refractivity contribution is 6.12. The van der Waals surface area contributed by atoms with Crippen LogP contribution in [0.3, 0.4) is 0 Å². The van der Waals surface area contributed by atoms with Crippen molar-refractivity contribution in [2.75, 3.05) is 13.7 Å². The van der Waals surface area contributed by atoms with Gasteiger partial charge in [-0.25, -0.2) is 14.0 Å². The van der Waals surface area contributed by atoms with Crippen LogP contribution in [0.2, 0.25) is 5.82 Å². The first-order chi connectivity index (χ1) is 13.5. The maximum atomic E-state index is 14.5. The van der Waals surface area contributed by atoms with Gasteiger partial charge in [0.25, 0.3) is 0 Å². The Morgan fingerprint density at radius 2 is 1.57 bits per heavy atom. The fourth-order valence-corrected chi connectivity index (χ4v) is 2.28. The van der Waals surface area contributed by atoms with E-state index in [0.29, 0.717) is 5.56 Å². The van der Waals surface area contributed by atoms with Gasteiger partial charge in [-0.05, 0) is 30.1 Å². The van der Waals surface area contributed by atoms with E-state index >= 15 is 0 Å². The lowest BCUT2D eigenvalue weighted by molar-refractivity contribution is 0.00553. The highest BCUT2D eigenvalue weighted by Gasteiger charge is 2.31. The fourth-order valence-electron chi connectivity index (χ4n) is 2.28. The lowest BCUT2D eigenvalue weighted by Crippen LogP contribution is -2.36. The third kappa shape index (κ3) is 6.23. The van der Waals surface area contributed by atoms with Gasteiger partial charge in [-0.15, -0.1) is 0 Å². The minimum Gasteiger partial charge on any atom is -0.462 e. The summed E-state index contributed by atoms with van der Waals surface area (Å²) in [6, 6.07) is 16.3. The number of halogens is 1. The lowest BCUT2D eigenvalue weighted by atomic mass is 9.81. The summed E-state index contributed by atoms with van der Waals surface area (Å²) in [5.74, 6) is -2.51. The third-order valence-corrected chi connectivity index (χ3v) is 3.71. The van der Waals surface area contributed by atoms with E-state index in [0.717, 1.165) is 6.21 Å². The minimum absolute atomic E-state index is 0.233. The Morgan fingerprint density at radius 1 is 1.04 bits per heavy atom. The van der Waals surface area contributed by atoms with Gasteiger partial charge in [0.15, 0.2) is 6.17 Å². The molecule has 0 N–H and O–H groups in total. The van der Waals surface area contributed by atoms with E-state index in [1.165, 1.54) is 19.2 Å². The number of esters is 2. The molecule has 0 fully saturated rings. The number of hydrogen-bond donors (Lipinski definition) is 0. The molecule has 0 amide bonds. The van der Waals surface area contributed by atoms with E-state index in [4.69, 9.17) is 17.3 Å². The van der Waals surface area contributed by atoms with Crippen LogP contribution in [0.4, 0.5) is 4.39 Å². The fraction of sp³-hybridized carbons (Fsp3) is 0.250. The Balaban J connectivity index is 2.05. The first kappa shape index (κ1) is 21.1. The number of rotatable bonds is 9. The molecule has 0 aliphatic carbocycles. The SMILES string of the molecule is [B][C@@H](COC(=O)c1ccccc1)[C@@H](OC(=O)c1ccccc1)[C@H](F)/C=N\OC. The summed E-state index contributed by atoms with van der Waals surface area (Å²) in [6.07, 6.45) is -2.48. The first-order valence-corrected chi connectivity index (χ1v) is 8.47. The van der Waals surface area contributed by atoms with Crippen LogP contribution < -0.4 is 0 Å². The van der Waals surface area contributed by atoms with Crippen molar-refractivity contribution in [3.05, 3.63) is 71.8 Å². The highest BCUT2D eigenvalue weighted by Crippen LogP contribution is 2.20. The van der Waals surface area contributed by atoms with Crippen LogP contribution in [-0.2, 0) is 14.3 Å². The highest BCUT2D eigenvalue weighted by atomic mass is 19.1. The molecule has 28 heavy (non-hydrogen) atoms. The van der Waals surface area contributed by atoms with Crippen LogP contribution in [0.25, 0.3) is 0 Å². The molecular weight excluding hydrogens is 364 g/mol. The molecule has 0 saturated carbocycles. The number of ether oxygens (including phenoxy) is 2. The Kier molecular flexibility index (Phi) is 8.21. The van der Waals surface area contributed by atoms with E-state index in [1.807, 2.05) is 0 Å². The van der Waals surface area contributed by atoms with Crippen molar-refractivity contribution in [2.24, 2.45) is 5.16 Å². The summed E-state index contributed by atoms with van der Waals surface area (Å²) in [6.45, 7) is -0.359. The summed E-state index contributed by atoms with van der Waals surface area (Å²) in [4.78, 5) is 28.8. The zero-order valence-corrected chi connectivity index (χ0v) is 15.2. The van der Waals surface area contributed by atoms with Crippen LogP contribution in [0, 0.1) is 0 Å². The molecule has 3 atom stereocenters. The molecule has 0 bridgehead atoms. The van der Waals surface area contributed by atoms with Crippen molar-refractivity contribution in [1.29, 1.82) is 0 Å². The number of carbonyl (C=O) groups excluding carboxylic acids is 2. The molecule has 2 rings (SSSR count). The maximum Gasteiger partial charge on any atom is 0.338 e. The largest absolute Gasteiger partial charge is 0.462 e. The minimum atomic E-state index is -1.86. The molecule has 6 nitrogen and oxygen atoms in total. The molecular formula is C20H19BFNO5. The van der Waals surface area contributed by atoms with Crippen LogP contribution in [0.15, 0.2) is 65.8 Å². The summed E-state index contributed by atoms with van der Waals surface area (Å²) < 4.78 is 24.8. The van der Waals surface area contributed by atoms with Crippen molar-refractivity contribution >= 4 is 26.0 Å². The second-order valence-electron chi connectivity index (χ2n) is 5.75. The van der Waals surface area contributed by atoms with Gasteiger partial charge in [-0.2, -0.15) is 0 Å². The first-order valence-electron chi connectivity index (χ1n) is 8.47. The molecule has 0 heterocycles. The van der Waals surface area contributed by atoms with E-state index in [2.05, 4.69) is 9.99 Å². The number of alkyl halides is 1. The Labute approximate surface area is 163 Å². The smallest absolute Gasteiger partial charge is 0.338 e. The Hall–Kier alpha value is -3.16. The van der Waals surface area contributed by atoms with Crippen LogP contribution in [-0.4, -0.2) is 52.0 Å². The van der Waals surface area contributed by atoms with Gasteiger partial charge < -0.3 is 14.3 Å². The van der Waals surface area contributed by atoms with E-state index in [-0.39, 0.29) is 12.2 Å². The van der Waals surface area contributed by atoms with Gasteiger partial charge in [0.05, 0.1) is 31.8 Å². The van der Waals surface area contributed by atoms with Gasteiger partial charge in [0.1, 0.15) is 13.2 Å². The topological polar surface area (TPSA) is 74.2 Å². The Bertz CT molecular complexity index is 788. The molecule has 144 valence electrons. The summed E-state index contributed by atoms with van der Waals surface area (Å²) in [7, 11) is 7.19. The predicted octanol–water partition coefficient (Wildman–Crippen LogP) is 3.00. The Morgan fingerprint density at radius 3 is 2.11 bits per heavy atom. The molecule has 0 aromatic heterocycles. The number of hydrogen-bond acceptors (Lipinski definition) is 6. The molecule has 0 aliphatic rings. The van der Waals surface area contributed by atoms with Gasteiger partial charge >= 0.3 is 11.9 Å². The van der Waals surface area contributed by atoms with E-state index in [1.54, 1.807) is 48.5 Å². The number of oxime groups is 1. The van der Waals surface area contributed by atoms with E-state index < -0.39 is 30.0 Å². The van der Waals surface area contributed by atoms with Crippen molar-refractivity contribution in [3.8, 4) is 0 Å². The van der Waals surface area contributed by atoms with Gasteiger partial charge in [-0.3, -0.25) is 0 Å². The number of nitrogens with zero attached hydrogens (tertiary/aromatic N) is 1. The molecule has 2 aromatic carbocycles. The predicted molar refractivity (Wildman–Crippen MR) is 102 cm³/mol. The van der Waals surface area contributed by atoms with Crippen LogP contribution >= 0.6 is 0 Å². The molecule has 0 saturated heterocycles. The summed E-state index contributed by atoms with van der Waals surface area (Å²) in [5.41, 5.74) is 0.558. The molecule has 8 heteroatoms. The second-order valence-corrected chi connectivity index (χ2v) is 5.75.